The van der Waals surface area contributed by atoms with Crippen LogP contribution >= 0.6 is 0 Å². The smallest absolute Gasteiger partial charge is 0.252 e. The van der Waals surface area contributed by atoms with Crippen molar-refractivity contribution in [1.29, 1.82) is 0 Å². The molecule has 2 amide bonds. The number of carbonyl (C=O) groups excluding carboxylic acids is 2. The molecule has 0 radical (unpaired) electrons. The Labute approximate surface area is 178 Å². The van der Waals surface area contributed by atoms with E-state index in [2.05, 4.69) is 20.4 Å². The molecule has 0 unspecified atom stereocenters. The van der Waals surface area contributed by atoms with E-state index in [1.165, 1.54) is 0 Å². The summed E-state index contributed by atoms with van der Waals surface area (Å²) in [5.41, 5.74) is 0.851. The van der Waals surface area contributed by atoms with Gasteiger partial charge in [0.1, 0.15) is 0 Å². The average Bonchev–Trinajstić information content (AvgIpc) is 2.80. The van der Waals surface area contributed by atoms with Crippen LogP contribution in [-0.2, 0) is 9.47 Å². The zero-order valence-electron chi connectivity index (χ0n) is 17.7. The first-order valence-corrected chi connectivity index (χ1v) is 11.0. The van der Waals surface area contributed by atoms with Crippen LogP contribution in [0.4, 0.5) is 0 Å². The quantitative estimate of drug-likeness (QED) is 0.541. The van der Waals surface area contributed by atoms with Gasteiger partial charge in [-0.2, -0.15) is 0 Å². The van der Waals surface area contributed by atoms with Gasteiger partial charge in [0.25, 0.3) is 11.8 Å². The van der Waals surface area contributed by atoms with Crippen molar-refractivity contribution in [2.75, 3.05) is 78.8 Å². The van der Waals surface area contributed by atoms with Gasteiger partial charge in [-0.1, -0.05) is 12.1 Å². The standard InChI is InChI=1S/C22H34N4O4/c27-21(23-7-3-9-25-11-15-29-16-12-25)19-5-1-2-6-20(19)22(28)24-8-4-10-26-13-17-30-18-14-26/h1-2,5-6H,3-4,7-18H2,(H,23,27)(H,24,28). The molecule has 0 saturated carbocycles. The summed E-state index contributed by atoms with van der Waals surface area (Å²) in [7, 11) is 0. The summed E-state index contributed by atoms with van der Waals surface area (Å²) in [6.07, 6.45) is 1.75. The number of nitrogens with one attached hydrogen (secondary N) is 2. The van der Waals surface area contributed by atoms with Crippen LogP contribution in [0.25, 0.3) is 0 Å². The van der Waals surface area contributed by atoms with Crippen LogP contribution in [0.1, 0.15) is 33.6 Å². The fraction of sp³-hybridized carbons (Fsp3) is 0.636. The molecule has 1 aromatic rings. The maximum Gasteiger partial charge on any atom is 0.252 e. The van der Waals surface area contributed by atoms with Crippen LogP contribution in [0.2, 0.25) is 0 Å². The van der Waals surface area contributed by atoms with Crippen molar-refractivity contribution < 1.29 is 19.1 Å². The number of hydrogen-bond donors (Lipinski definition) is 2. The van der Waals surface area contributed by atoms with Crippen molar-refractivity contribution >= 4 is 11.8 Å². The van der Waals surface area contributed by atoms with Crippen LogP contribution in [0.5, 0.6) is 0 Å². The Morgan fingerprint density at radius 1 is 0.733 bits per heavy atom. The van der Waals surface area contributed by atoms with E-state index in [1.54, 1.807) is 24.3 Å². The fourth-order valence-corrected chi connectivity index (χ4v) is 3.73. The van der Waals surface area contributed by atoms with Gasteiger partial charge < -0.3 is 20.1 Å². The molecule has 2 fully saturated rings. The molecular weight excluding hydrogens is 384 g/mol. The highest BCUT2D eigenvalue weighted by atomic mass is 16.5. The van der Waals surface area contributed by atoms with E-state index in [0.717, 1.165) is 78.5 Å². The normalized spacial score (nSPS) is 18.1. The summed E-state index contributed by atoms with van der Waals surface area (Å²) in [4.78, 5) is 29.9. The van der Waals surface area contributed by atoms with Crippen molar-refractivity contribution in [3.05, 3.63) is 35.4 Å². The van der Waals surface area contributed by atoms with E-state index in [4.69, 9.17) is 9.47 Å². The maximum atomic E-state index is 12.6. The summed E-state index contributed by atoms with van der Waals surface area (Å²) < 4.78 is 10.7. The molecule has 2 aliphatic heterocycles. The number of amides is 2. The van der Waals surface area contributed by atoms with E-state index in [1.807, 2.05) is 0 Å². The molecule has 3 rings (SSSR count). The molecule has 1 aromatic carbocycles. The van der Waals surface area contributed by atoms with Gasteiger partial charge in [0.2, 0.25) is 0 Å². The summed E-state index contributed by atoms with van der Waals surface area (Å²) in [5, 5.41) is 5.90. The number of rotatable bonds is 10. The molecule has 30 heavy (non-hydrogen) atoms. The molecule has 2 aliphatic rings. The summed E-state index contributed by atoms with van der Waals surface area (Å²) >= 11 is 0. The number of hydrogen-bond acceptors (Lipinski definition) is 6. The molecule has 8 heteroatoms. The molecule has 0 bridgehead atoms. The lowest BCUT2D eigenvalue weighted by Crippen LogP contribution is -2.38. The minimum Gasteiger partial charge on any atom is -0.379 e. The fourth-order valence-electron chi connectivity index (χ4n) is 3.73. The first kappa shape index (κ1) is 22.7. The van der Waals surface area contributed by atoms with Crippen molar-refractivity contribution in [2.45, 2.75) is 12.8 Å². The number of carbonyl (C=O) groups is 2. The van der Waals surface area contributed by atoms with Gasteiger partial charge in [0, 0.05) is 39.3 Å². The Morgan fingerprint density at radius 2 is 1.13 bits per heavy atom. The summed E-state index contributed by atoms with van der Waals surface area (Å²) in [6, 6.07) is 7.00. The Balaban J connectivity index is 1.39. The maximum absolute atomic E-state index is 12.6. The van der Waals surface area contributed by atoms with Gasteiger partial charge in [-0.25, -0.2) is 0 Å². The molecule has 2 saturated heterocycles. The lowest BCUT2D eigenvalue weighted by molar-refractivity contribution is 0.0373. The second kappa shape index (κ2) is 12.6. The molecule has 0 spiro atoms. The Bertz CT molecular complexity index is 616. The third-order valence-electron chi connectivity index (χ3n) is 5.50. The van der Waals surface area contributed by atoms with E-state index in [0.29, 0.717) is 24.2 Å². The lowest BCUT2D eigenvalue weighted by Gasteiger charge is -2.26. The SMILES string of the molecule is O=C(NCCCN1CCOCC1)c1ccccc1C(=O)NCCCN1CCOCC1. The van der Waals surface area contributed by atoms with Gasteiger partial charge >= 0.3 is 0 Å². The topological polar surface area (TPSA) is 83.1 Å². The zero-order chi connectivity index (χ0) is 21.0. The number of ether oxygens (including phenoxy) is 2. The minimum absolute atomic E-state index is 0.198. The van der Waals surface area contributed by atoms with Crippen LogP contribution in [0.3, 0.4) is 0 Å². The highest BCUT2D eigenvalue weighted by Gasteiger charge is 2.17. The van der Waals surface area contributed by atoms with Crippen LogP contribution in [0, 0.1) is 0 Å². The second-order valence-corrected chi connectivity index (χ2v) is 7.67. The van der Waals surface area contributed by atoms with Crippen molar-refractivity contribution in [2.24, 2.45) is 0 Å². The molecule has 0 aromatic heterocycles. The third kappa shape index (κ3) is 7.36. The zero-order valence-corrected chi connectivity index (χ0v) is 17.7. The van der Waals surface area contributed by atoms with Crippen molar-refractivity contribution in [1.82, 2.24) is 20.4 Å². The number of morpholine rings is 2. The van der Waals surface area contributed by atoms with E-state index >= 15 is 0 Å². The molecule has 0 atom stereocenters. The second-order valence-electron chi connectivity index (χ2n) is 7.67. The highest BCUT2D eigenvalue weighted by molar-refractivity contribution is 6.07. The number of benzene rings is 1. The van der Waals surface area contributed by atoms with Gasteiger partial charge in [0.15, 0.2) is 0 Å². The number of nitrogens with zero attached hydrogens (tertiary/aromatic N) is 2. The first-order valence-electron chi connectivity index (χ1n) is 11.0. The molecule has 166 valence electrons. The first-order chi connectivity index (χ1) is 14.7. The highest BCUT2D eigenvalue weighted by Crippen LogP contribution is 2.09. The van der Waals surface area contributed by atoms with Gasteiger partial charge in [0.05, 0.1) is 37.6 Å². The van der Waals surface area contributed by atoms with Crippen molar-refractivity contribution in [3.8, 4) is 0 Å². The van der Waals surface area contributed by atoms with Crippen molar-refractivity contribution in [3.63, 3.8) is 0 Å². The monoisotopic (exact) mass is 418 g/mol. The molecule has 0 aliphatic carbocycles. The average molecular weight is 419 g/mol. The van der Waals surface area contributed by atoms with E-state index in [9.17, 15) is 9.59 Å². The molecule has 8 nitrogen and oxygen atoms in total. The summed E-state index contributed by atoms with van der Waals surface area (Å²) in [5.74, 6) is -0.396. The lowest BCUT2D eigenvalue weighted by atomic mass is 10.1. The largest absolute Gasteiger partial charge is 0.379 e. The molecular formula is C22H34N4O4. The minimum atomic E-state index is -0.198. The molecule has 2 N–H and O–H groups in total. The van der Waals surface area contributed by atoms with E-state index < -0.39 is 0 Å². The van der Waals surface area contributed by atoms with Gasteiger partial charge in [-0.3, -0.25) is 19.4 Å². The van der Waals surface area contributed by atoms with Crippen LogP contribution in [0.15, 0.2) is 24.3 Å². The Hall–Kier alpha value is -2.00. The van der Waals surface area contributed by atoms with E-state index in [-0.39, 0.29) is 11.8 Å². The third-order valence-corrected chi connectivity index (χ3v) is 5.50. The summed E-state index contributed by atoms with van der Waals surface area (Å²) in [6.45, 7) is 9.96. The van der Waals surface area contributed by atoms with Crippen LogP contribution < -0.4 is 10.6 Å². The Morgan fingerprint density at radius 3 is 1.53 bits per heavy atom. The Kier molecular flexibility index (Phi) is 9.56. The van der Waals surface area contributed by atoms with Gasteiger partial charge in [-0.15, -0.1) is 0 Å². The van der Waals surface area contributed by atoms with Crippen LogP contribution in [-0.4, -0.2) is 100 Å². The predicted octanol–water partition coefficient (Wildman–Crippen LogP) is 0.591. The predicted molar refractivity (Wildman–Crippen MR) is 115 cm³/mol. The van der Waals surface area contributed by atoms with Gasteiger partial charge in [-0.05, 0) is 38.1 Å². The molecule has 2 heterocycles.